The highest BCUT2D eigenvalue weighted by molar-refractivity contribution is 5.93. The average Bonchev–Trinajstić information content (AvgIpc) is 3.48. The second-order valence-corrected chi connectivity index (χ2v) is 11.0. The number of carbonyl (C=O) groups is 1. The number of amides is 1. The highest BCUT2D eigenvalue weighted by atomic mass is 19.1. The first kappa shape index (κ1) is 26.6. The van der Waals surface area contributed by atoms with E-state index in [4.69, 9.17) is 0 Å². The molecule has 7 rings (SSSR count). The summed E-state index contributed by atoms with van der Waals surface area (Å²) in [5.74, 6) is -0.840. The number of aromatic nitrogens is 3. The van der Waals surface area contributed by atoms with E-state index in [-0.39, 0.29) is 29.1 Å². The van der Waals surface area contributed by atoms with Crippen molar-refractivity contribution in [2.24, 2.45) is 0 Å². The molecular weight excluding hydrogens is 547 g/mol. The van der Waals surface area contributed by atoms with Gasteiger partial charge in [-0.05, 0) is 67.2 Å². The zero-order valence-electron chi connectivity index (χ0n) is 23.2. The molecule has 2 aromatic heterocycles. The lowest BCUT2D eigenvalue weighted by molar-refractivity contribution is -0.118. The van der Waals surface area contributed by atoms with Gasteiger partial charge in [-0.3, -0.25) is 14.2 Å². The normalized spacial score (nSPS) is 20.9. The number of pyridine rings is 1. The molecule has 0 radical (unpaired) electrons. The Morgan fingerprint density at radius 2 is 1.74 bits per heavy atom. The Labute approximate surface area is 246 Å². The smallest absolute Gasteiger partial charge is 0.337 e. The number of rotatable bonds is 5. The van der Waals surface area contributed by atoms with Crippen molar-refractivity contribution in [2.45, 2.75) is 43.9 Å². The van der Waals surface area contributed by atoms with Crippen LogP contribution in [0.15, 0.2) is 113 Å². The lowest BCUT2D eigenvalue weighted by atomic mass is 9.90. The van der Waals surface area contributed by atoms with E-state index >= 15 is 0 Å². The van der Waals surface area contributed by atoms with Crippen LogP contribution in [0, 0.1) is 5.82 Å². The van der Waals surface area contributed by atoms with Crippen LogP contribution in [0.5, 0.6) is 0 Å². The predicted octanol–water partition coefficient (Wildman–Crippen LogP) is 4.11. The highest BCUT2D eigenvalue weighted by Crippen LogP contribution is 2.28. The van der Waals surface area contributed by atoms with Crippen LogP contribution in [0.1, 0.15) is 31.7 Å². The third-order valence-electron chi connectivity index (χ3n) is 8.31. The number of nitrogens with zero attached hydrogens (tertiary/aromatic N) is 4. The topological polar surface area (TPSA) is 101 Å². The maximum atomic E-state index is 14.4. The van der Waals surface area contributed by atoms with Gasteiger partial charge >= 0.3 is 5.69 Å². The molecule has 43 heavy (non-hydrogen) atoms. The highest BCUT2D eigenvalue weighted by Gasteiger charge is 2.30. The molecule has 1 fully saturated rings. The lowest BCUT2D eigenvalue weighted by Gasteiger charge is -2.30. The van der Waals surface area contributed by atoms with Gasteiger partial charge in [-0.2, -0.15) is 0 Å². The van der Waals surface area contributed by atoms with Crippen molar-refractivity contribution in [2.75, 3.05) is 0 Å². The molecule has 0 bridgehead atoms. The number of halogens is 1. The van der Waals surface area contributed by atoms with Crippen LogP contribution >= 0.6 is 0 Å². The van der Waals surface area contributed by atoms with Crippen LogP contribution in [-0.4, -0.2) is 37.1 Å². The number of hydrogen-bond acceptors (Lipinski definition) is 6. The summed E-state index contributed by atoms with van der Waals surface area (Å²) in [4.78, 5) is 46.8. The second-order valence-electron chi connectivity index (χ2n) is 11.0. The first-order valence-electron chi connectivity index (χ1n) is 14.4. The van der Waals surface area contributed by atoms with Crippen molar-refractivity contribution in [3.05, 3.63) is 130 Å². The van der Waals surface area contributed by atoms with Gasteiger partial charge in [0.2, 0.25) is 0 Å². The average molecular weight is 577 g/mol. The zero-order chi connectivity index (χ0) is 29.5. The number of nitrogens with one attached hydrogen (secondary N) is 2. The van der Waals surface area contributed by atoms with E-state index in [1.54, 1.807) is 12.3 Å². The Morgan fingerprint density at radius 1 is 0.953 bits per heavy atom. The number of benzene rings is 2. The van der Waals surface area contributed by atoms with Crippen LogP contribution in [-0.2, 0) is 4.79 Å². The van der Waals surface area contributed by atoms with Gasteiger partial charge < -0.3 is 15.5 Å². The quantitative estimate of drug-likeness (QED) is 0.371. The molecule has 216 valence electrons. The van der Waals surface area contributed by atoms with E-state index in [9.17, 15) is 18.8 Å². The first-order valence-corrected chi connectivity index (χ1v) is 14.4. The van der Waals surface area contributed by atoms with Gasteiger partial charge in [0, 0.05) is 24.5 Å². The molecule has 2 aromatic carbocycles. The van der Waals surface area contributed by atoms with Crippen molar-refractivity contribution in [3.8, 4) is 16.8 Å². The van der Waals surface area contributed by atoms with E-state index in [0.717, 1.165) is 23.4 Å². The van der Waals surface area contributed by atoms with Crippen LogP contribution in [0.25, 0.3) is 27.8 Å². The van der Waals surface area contributed by atoms with Gasteiger partial charge in [0.15, 0.2) is 5.65 Å². The van der Waals surface area contributed by atoms with Gasteiger partial charge in [0.05, 0.1) is 17.3 Å². The van der Waals surface area contributed by atoms with Crippen molar-refractivity contribution >= 4 is 16.9 Å². The number of allylic oxidation sites excluding steroid dienone is 2. The van der Waals surface area contributed by atoms with Gasteiger partial charge in [0.25, 0.3) is 11.5 Å². The maximum absolute atomic E-state index is 14.4. The largest absolute Gasteiger partial charge is 0.356 e. The number of carbonyl (C=O) groups excluding carboxylic acids is 1. The third-order valence-corrected chi connectivity index (χ3v) is 8.31. The Bertz CT molecular complexity index is 1940. The summed E-state index contributed by atoms with van der Waals surface area (Å²) in [6.07, 6.45) is 12.6. The van der Waals surface area contributed by atoms with E-state index < -0.39 is 23.1 Å². The first-order chi connectivity index (χ1) is 21.0. The summed E-state index contributed by atoms with van der Waals surface area (Å²) < 4.78 is 17.0. The van der Waals surface area contributed by atoms with Crippen molar-refractivity contribution < 1.29 is 9.18 Å². The summed E-state index contributed by atoms with van der Waals surface area (Å²) in [6, 6.07) is 17.8. The Balaban J connectivity index is 1.18. The SMILES string of the molecule is O=C(NC1CCC(n2c(=O)c3cc(F)cnc3n(-c3cccc(-c4ccccc4)c3)c2=O)CC1)C1=CN2C=CC=CC2N1. The van der Waals surface area contributed by atoms with E-state index in [1.807, 2.05) is 77.9 Å². The molecular formula is C33H29FN6O3. The molecule has 9 nitrogen and oxygen atoms in total. The minimum atomic E-state index is -0.650. The fourth-order valence-electron chi connectivity index (χ4n) is 6.16. The number of fused-ring (bicyclic) bond motifs is 2. The lowest BCUT2D eigenvalue weighted by Crippen LogP contribution is -2.46. The van der Waals surface area contributed by atoms with E-state index in [1.165, 1.54) is 9.13 Å². The zero-order valence-corrected chi connectivity index (χ0v) is 23.2. The molecule has 2 N–H and O–H groups in total. The molecule has 1 saturated carbocycles. The van der Waals surface area contributed by atoms with Crippen LogP contribution < -0.4 is 21.9 Å². The van der Waals surface area contributed by atoms with Gasteiger partial charge in [-0.15, -0.1) is 0 Å². The Morgan fingerprint density at radius 3 is 2.53 bits per heavy atom. The van der Waals surface area contributed by atoms with Crippen molar-refractivity contribution in [3.63, 3.8) is 0 Å². The molecule has 1 amide bonds. The molecule has 10 heteroatoms. The van der Waals surface area contributed by atoms with Crippen molar-refractivity contribution in [1.29, 1.82) is 0 Å². The maximum Gasteiger partial charge on any atom is 0.337 e. The fourth-order valence-corrected chi connectivity index (χ4v) is 6.16. The van der Waals surface area contributed by atoms with Crippen LogP contribution in [0.2, 0.25) is 0 Å². The molecule has 0 saturated heterocycles. The summed E-state index contributed by atoms with van der Waals surface area (Å²) in [5, 5.41) is 6.33. The summed E-state index contributed by atoms with van der Waals surface area (Å²) in [6.45, 7) is 0. The fraction of sp³-hybridized carbons (Fsp3) is 0.212. The molecule has 4 aromatic rings. The van der Waals surface area contributed by atoms with Crippen molar-refractivity contribution in [1.82, 2.24) is 29.7 Å². The standard InChI is InChI=1S/C33H29FN6O3/c34-23-18-27-30(35-19-23)39(26-10-6-9-22(17-26)21-7-2-1-3-8-21)33(43)40(32(27)42)25-14-12-24(13-15-25)36-31(41)28-20-38-16-5-4-11-29(38)37-28/h1-11,16-20,24-25,29,37H,12-15H2,(H,36,41). The number of hydrogen-bond donors (Lipinski definition) is 2. The molecule has 0 spiro atoms. The second kappa shape index (κ2) is 10.9. The van der Waals surface area contributed by atoms with Crippen LogP contribution in [0.4, 0.5) is 4.39 Å². The molecule has 1 aliphatic carbocycles. The van der Waals surface area contributed by atoms with Gasteiger partial charge in [-0.1, -0.05) is 48.5 Å². The summed E-state index contributed by atoms with van der Waals surface area (Å²) >= 11 is 0. The minimum absolute atomic E-state index is 0.0407. The molecule has 1 atom stereocenters. The van der Waals surface area contributed by atoms with Gasteiger partial charge in [0.1, 0.15) is 17.7 Å². The Kier molecular flexibility index (Phi) is 6.73. The van der Waals surface area contributed by atoms with Crippen LogP contribution in [0.3, 0.4) is 0 Å². The predicted molar refractivity (Wildman–Crippen MR) is 162 cm³/mol. The molecule has 4 heterocycles. The molecule has 2 aliphatic heterocycles. The minimum Gasteiger partial charge on any atom is -0.356 e. The van der Waals surface area contributed by atoms with E-state index in [2.05, 4.69) is 15.6 Å². The molecule has 1 unspecified atom stereocenters. The summed E-state index contributed by atoms with van der Waals surface area (Å²) in [7, 11) is 0. The molecule has 3 aliphatic rings. The van der Waals surface area contributed by atoms with Gasteiger partial charge in [-0.25, -0.2) is 18.7 Å². The monoisotopic (exact) mass is 576 g/mol. The Hall–Kier alpha value is -5.25. The van der Waals surface area contributed by atoms with E-state index in [0.29, 0.717) is 37.1 Å². The third kappa shape index (κ3) is 4.94. The summed E-state index contributed by atoms with van der Waals surface area (Å²) in [5.41, 5.74) is 1.91.